The zero-order valence-electron chi connectivity index (χ0n) is 10.4. The lowest BCUT2D eigenvalue weighted by Crippen LogP contribution is -2.00. The summed E-state index contributed by atoms with van der Waals surface area (Å²) in [5, 5.41) is 0. The van der Waals surface area contributed by atoms with Crippen molar-refractivity contribution >= 4 is 38.6 Å². The van der Waals surface area contributed by atoms with Crippen molar-refractivity contribution in [1.82, 2.24) is 9.55 Å². The quantitative estimate of drug-likeness (QED) is 0.613. The molecule has 2 nitrogen and oxygen atoms in total. The lowest BCUT2D eigenvalue weighted by molar-refractivity contribution is 0.977. The number of nitrogens with zero attached hydrogens (tertiary/aromatic N) is 2. The van der Waals surface area contributed by atoms with Crippen LogP contribution in [0.1, 0.15) is 11.4 Å². The number of benzene rings is 2. The van der Waals surface area contributed by atoms with Crippen molar-refractivity contribution in [2.75, 3.05) is 0 Å². The van der Waals surface area contributed by atoms with Crippen LogP contribution in [-0.4, -0.2) is 9.55 Å². The largest absolute Gasteiger partial charge is 0.294 e. The molecule has 0 aliphatic heterocycles. The first-order valence-electron chi connectivity index (χ1n) is 5.99. The maximum absolute atomic E-state index is 6.05. The van der Waals surface area contributed by atoms with Crippen LogP contribution in [0.3, 0.4) is 0 Å². The van der Waals surface area contributed by atoms with Crippen molar-refractivity contribution in [1.29, 1.82) is 0 Å². The summed E-state index contributed by atoms with van der Waals surface area (Å²) in [6, 6.07) is 14.3. The molecule has 0 bridgehead atoms. The summed E-state index contributed by atoms with van der Waals surface area (Å²) < 4.78 is 3.14. The van der Waals surface area contributed by atoms with Gasteiger partial charge in [0.05, 0.1) is 22.6 Å². The highest BCUT2D eigenvalue weighted by Crippen LogP contribution is 2.28. The first-order valence-corrected chi connectivity index (χ1v) is 7.32. The Labute approximate surface area is 125 Å². The van der Waals surface area contributed by atoms with Crippen LogP contribution in [0.2, 0.25) is 0 Å². The lowest BCUT2D eigenvalue weighted by atomic mass is 10.2. The molecular formula is C15H12BrClN2. The van der Waals surface area contributed by atoms with Crippen LogP contribution in [0.4, 0.5) is 0 Å². The molecule has 0 unspecified atom stereocenters. The third-order valence-electron chi connectivity index (χ3n) is 3.09. The SMILES string of the molecule is Cc1ccc2nc(CCl)n(-c3ccccc3Br)c2c1. The van der Waals surface area contributed by atoms with Crippen LogP contribution in [0, 0.1) is 6.92 Å². The second-order valence-electron chi connectivity index (χ2n) is 4.44. The Kier molecular flexibility index (Phi) is 3.33. The average Bonchev–Trinajstić information content (AvgIpc) is 2.77. The zero-order valence-corrected chi connectivity index (χ0v) is 12.7. The summed E-state index contributed by atoms with van der Waals surface area (Å²) in [7, 11) is 0. The van der Waals surface area contributed by atoms with Gasteiger partial charge < -0.3 is 0 Å². The van der Waals surface area contributed by atoms with E-state index in [-0.39, 0.29) is 0 Å². The van der Waals surface area contributed by atoms with E-state index >= 15 is 0 Å². The highest BCUT2D eigenvalue weighted by atomic mass is 79.9. The number of para-hydroxylation sites is 1. The third kappa shape index (κ3) is 2.17. The predicted molar refractivity (Wildman–Crippen MR) is 83.1 cm³/mol. The van der Waals surface area contributed by atoms with Crippen molar-refractivity contribution < 1.29 is 0 Å². The summed E-state index contributed by atoms with van der Waals surface area (Å²) >= 11 is 9.64. The lowest BCUT2D eigenvalue weighted by Gasteiger charge is -2.10. The number of alkyl halides is 1. The molecule has 96 valence electrons. The van der Waals surface area contributed by atoms with Crippen LogP contribution in [0.5, 0.6) is 0 Å². The molecule has 0 atom stereocenters. The van der Waals surface area contributed by atoms with E-state index in [9.17, 15) is 0 Å². The molecular weight excluding hydrogens is 324 g/mol. The van der Waals surface area contributed by atoms with E-state index in [1.54, 1.807) is 0 Å². The van der Waals surface area contributed by atoms with Gasteiger partial charge in [0.25, 0.3) is 0 Å². The summed E-state index contributed by atoms with van der Waals surface area (Å²) in [5.41, 5.74) is 4.33. The standard InChI is InChI=1S/C15H12BrClN2/c1-10-6-7-12-14(8-10)19(15(9-17)18-12)13-5-3-2-4-11(13)16/h2-8H,9H2,1H3. The number of aromatic nitrogens is 2. The molecule has 4 heteroatoms. The van der Waals surface area contributed by atoms with Gasteiger partial charge in [0.1, 0.15) is 5.82 Å². The molecule has 0 saturated carbocycles. The van der Waals surface area contributed by atoms with Crippen LogP contribution < -0.4 is 0 Å². The van der Waals surface area contributed by atoms with Crippen molar-refractivity contribution in [3.63, 3.8) is 0 Å². The number of aryl methyl sites for hydroxylation is 1. The maximum Gasteiger partial charge on any atom is 0.129 e. The van der Waals surface area contributed by atoms with Crippen LogP contribution >= 0.6 is 27.5 Å². The highest BCUT2D eigenvalue weighted by Gasteiger charge is 2.13. The molecule has 1 heterocycles. The molecule has 0 spiro atoms. The fraction of sp³-hybridized carbons (Fsp3) is 0.133. The second kappa shape index (κ2) is 4.99. The van der Waals surface area contributed by atoms with Gasteiger partial charge in [-0.05, 0) is 52.7 Å². The van der Waals surface area contributed by atoms with Crippen molar-refractivity contribution in [3.8, 4) is 5.69 Å². The van der Waals surface area contributed by atoms with Gasteiger partial charge in [-0.15, -0.1) is 11.6 Å². The van der Waals surface area contributed by atoms with Crippen LogP contribution in [0.25, 0.3) is 16.7 Å². The fourth-order valence-corrected chi connectivity index (χ4v) is 2.87. The zero-order chi connectivity index (χ0) is 13.4. The molecule has 3 aromatic rings. The molecule has 0 N–H and O–H groups in total. The number of hydrogen-bond acceptors (Lipinski definition) is 1. The molecule has 0 aliphatic carbocycles. The van der Waals surface area contributed by atoms with Gasteiger partial charge in [0.2, 0.25) is 0 Å². The van der Waals surface area contributed by atoms with Gasteiger partial charge >= 0.3 is 0 Å². The monoisotopic (exact) mass is 334 g/mol. The van der Waals surface area contributed by atoms with Crippen LogP contribution in [0.15, 0.2) is 46.9 Å². The molecule has 2 aromatic carbocycles. The van der Waals surface area contributed by atoms with Crippen molar-refractivity contribution in [2.45, 2.75) is 12.8 Å². The first kappa shape index (κ1) is 12.7. The van der Waals surface area contributed by atoms with E-state index in [1.165, 1.54) is 5.56 Å². The van der Waals surface area contributed by atoms with Gasteiger partial charge in [0, 0.05) is 4.47 Å². The summed E-state index contributed by atoms with van der Waals surface area (Å²) in [4.78, 5) is 4.60. The Bertz CT molecular complexity index is 749. The van der Waals surface area contributed by atoms with E-state index in [2.05, 4.69) is 50.6 Å². The third-order valence-corrected chi connectivity index (χ3v) is 4.00. The van der Waals surface area contributed by atoms with Crippen molar-refractivity contribution in [2.24, 2.45) is 0 Å². The second-order valence-corrected chi connectivity index (χ2v) is 5.56. The Morgan fingerprint density at radius 1 is 1.21 bits per heavy atom. The minimum Gasteiger partial charge on any atom is -0.294 e. The predicted octanol–water partition coefficient (Wildman–Crippen LogP) is 4.84. The Hall–Kier alpha value is -1.32. The van der Waals surface area contributed by atoms with Gasteiger partial charge in [-0.2, -0.15) is 0 Å². The van der Waals surface area contributed by atoms with E-state index < -0.39 is 0 Å². The number of fused-ring (bicyclic) bond motifs is 1. The minimum absolute atomic E-state index is 0.384. The maximum atomic E-state index is 6.05. The van der Waals surface area contributed by atoms with Gasteiger partial charge in [-0.3, -0.25) is 4.57 Å². The van der Waals surface area contributed by atoms with Crippen molar-refractivity contribution in [3.05, 3.63) is 58.3 Å². The van der Waals surface area contributed by atoms with E-state index in [1.807, 2.05) is 24.3 Å². The Morgan fingerprint density at radius 3 is 2.74 bits per heavy atom. The molecule has 19 heavy (non-hydrogen) atoms. The summed E-state index contributed by atoms with van der Waals surface area (Å²) in [5.74, 6) is 1.24. The Balaban J connectivity index is 2.38. The smallest absolute Gasteiger partial charge is 0.129 e. The van der Waals surface area contributed by atoms with Gasteiger partial charge in [-0.25, -0.2) is 4.98 Å². The summed E-state index contributed by atoms with van der Waals surface area (Å²) in [6.45, 7) is 2.08. The van der Waals surface area contributed by atoms with E-state index in [4.69, 9.17) is 11.6 Å². The average molecular weight is 336 g/mol. The molecule has 1 aromatic heterocycles. The highest BCUT2D eigenvalue weighted by molar-refractivity contribution is 9.10. The first-order chi connectivity index (χ1) is 9.20. The van der Waals surface area contributed by atoms with E-state index in [0.717, 1.165) is 27.0 Å². The number of imidazole rings is 1. The number of hydrogen-bond donors (Lipinski definition) is 0. The minimum atomic E-state index is 0.384. The fourth-order valence-electron chi connectivity index (χ4n) is 2.23. The number of halogens is 2. The molecule has 3 rings (SSSR count). The molecule has 0 amide bonds. The van der Waals surface area contributed by atoms with Gasteiger partial charge in [0.15, 0.2) is 0 Å². The van der Waals surface area contributed by atoms with Crippen LogP contribution in [-0.2, 0) is 5.88 Å². The summed E-state index contributed by atoms with van der Waals surface area (Å²) in [6.07, 6.45) is 0. The molecule has 0 fully saturated rings. The van der Waals surface area contributed by atoms with E-state index in [0.29, 0.717) is 5.88 Å². The topological polar surface area (TPSA) is 17.8 Å². The number of rotatable bonds is 2. The normalized spacial score (nSPS) is 11.1. The Morgan fingerprint density at radius 2 is 2.00 bits per heavy atom. The van der Waals surface area contributed by atoms with Gasteiger partial charge in [-0.1, -0.05) is 18.2 Å². The molecule has 0 radical (unpaired) electrons. The molecule has 0 aliphatic rings. The molecule has 0 saturated heterocycles.